The molecule has 0 unspecified atom stereocenters. The summed E-state index contributed by atoms with van der Waals surface area (Å²) in [6.45, 7) is 4.65. The highest BCUT2D eigenvalue weighted by molar-refractivity contribution is 5.54. The van der Waals surface area contributed by atoms with Crippen LogP contribution in [-0.2, 0) is 12.7 Å². The smallest absolute Gasteiger partial charge is 0.166 e. The van der Waals surface area contributed by atoms with Crippen molar-refractivity contribution >= 4 is 0 Å². The number of aromatic nitrogens is 4. The Morgan fingerprint density at radius 3 is 2.32 bits per heavy atom. The zero-order valence-electron chi connectivity index (χ0n) is 10.5. The SMILES string of the molecule is CC(C)Cn1nnc(-c2ccc(C(F)(F)F)cc2)n1. The lowest BCUT2D eigenvalue weighted by Crippen LogP contribution is -2.07. The van der Waals surface area contributed by atoms with Crippen molar-refractivity contribution in [1.29, 1.82) is 0 Å². The molecule has 0 aliphatic carbocycles. The molecule has 0 saturated carbocycles. The number of hydrogen-bond donors (Lipinski definition) is 0. The maximum atomic E-state index is 12.4. The molecule has 19 heavy (non-hydrogen) atoms. The van der Waals surface area contributed by atoms with Gasteiger partial charge in [0.2, 0.25) is 5.82 Å². The Hall–Kier alpha value is -1.92. The second-order valence-corrected chi connectivity index (χ2v) is 4.64. The minimum atomic E-state index is -4.33. The van der Waals surface area contributed by atoms with Crippen molar-refractivity contribution in [2.24, 2.45) is 5.92 Å². The van der Waals surface area contributed by atoms with Crippen molar-refractivity contribution < 1.29 is 13.2 Å². The van der Waals surface area contributed by atoms with E-state index in [4.69, 9.17) is 0 Å². The Morgan fingerprint density at radius 2 is 1.79 bits per heavy atom. The van der Waals surface area contributed by atoms with E-state index in [-0.39, 0.29) is 0 Å². The van der Waals surface area contributed by atoms with Gasteiger partial charge in [0.25, 0.3) is 0 Å². The van der Waals surface area contributed by atoms with Crippen LogP contribution < -0.4 is 0 Å². The molecule has 0 amide bonds. The second kappa shape index (κ2) is 4.99. The van der Waals surface area contributed by atoms with Crippen molar-refractivity contribution in [1.82, 2.24) is 20.2 Å². The summed E-state index contributed by atoms with van der Waals surface area (Å²) in [6.07, 6.45) is -4.33. The molecular weight excluding hydrogens is 257 g/mol. The van der Waals surface area contributed by atoms with Crippen molar-refractivity contribution in [2.75, 3.05) is 0 Å². The third-order valence-corrected chi connectivity index (χ3v) is 2.45. The topological polar surface area (TPSA) is 43.6 Å². The molecule has 102 valence electrons. The first-order chi connectivity index (χ1) is 8.86. The molecule has 0 N–H and O–H groups in total. The molecule has 0 saturated heterocycles. The van der Waals surface area contributed by atoms with Gasteiger partial charge in [-0.2, -0.15) is 18.0 Å². The molecule has 7 heteroatoms. The predicted molar refractivity (Wildman–Crippen MR) is 63.1 cm³/mol. The van der Waals surface area contributed by atoms with Crippen LogP contribution in [-0.4, -0.2) is 20.2 Å². The molecule has 0 spiro atoms. The Bertz CT molecular complexity index is 543. The van der Waals surface area contributed by atoms with Gasteiger partial charge in [0.05, 0.1) is 12.1 Å². The molecule has 0 fully saturated rings. The van der Waals surface area contributed by atoms with Crippen LogP contribution >= 0.6 is 0 Å². The average Bonchev–Trinajstić information content (AvgIpc) is 2.75. The highest BCUT2D eigenvalue weighted by atomic mass is 19.4. The number of halogens is 3. The lowest BCUT2D eigenvalue weighted by molar-refractivity contribution is -0.137. The maximum Gasteiger partial charge on any atom is 0.416 e. The molecule has 0 aliphatic rings. The molecule has 0 atom stereocenters. The number of nitrogens with zero attached hydrogens (tertiary/aromatic N) is 4. The average molecular weight is 270 g/mol. The monoisotopic (exact) mass is 270 g/mol. The first-order valence-corrected chi connectivity index (χ1v) is 5.81. The number of benzene rings is 1. The lowest BCUT2D eigenvalue weighted by Gasteiger charge is -2.06. The van der Waals surface area contributed by atoms with Crippen LogP contribution in [0.3, 0.4) is 0 Å². The summed E-state index contributed by atoms with van der Waals surface area (Å²) >= 11 is 0. The zero-order valence-corrected chi connectivity index (χ0v) is 10.5. The fraction of sp³-hybridized carbons (Fsp3) is 0.417. The Labute approximate surface area is 108 Å². The number of rotatable bonds is 3. The minimum absolute atomic E-state index is 0.328. The van der Waals surface area contributed by atoms with Crippen LogP contribution in [0.5, 0.6) is 0 Å². The van der Waals surface area contributed by atoms with Crippen LogP contribution in [0.2, 0.25) is 0 Å². The fourth-order valence-electron chi connectivity index (χ4n) is 1.57. The highest BCUT2D eigenvalue weighted by Gasteiger charge is 2.30. The van der Waals surface area contributed by atoms with Crippen molar-refractivity contribution in [3.8, 4) is 11.4 Å². The van der Waals surface area contributed by atoms with Crippen LogP contribution in [0.15, 0.2) is 24.3 Å². The van der Waals surface area contributed by atoms with Gasteiger partial charge in [-0.1, -0.05) is 26.0 Å². The third-order valence-electron chi connectivity index (χ3n) is 2.45. The van der Waals surface area contributed by atoms with E-state index in [1.165, 1.54) is 16.9 Å². The van der Waals surface area contributed by atoms with Crippen LogP contribution in [0.1, 0.15) is 19.4 Å². The first kappa shape index (κ1) is 13.5. The predicted octanol–water partition coefficient (Wildman–Crippen LogP) is 3.01. The van der Waals surface area contributed by atoms with E-state index in [1.54, 1.807) is 0 Å². The summed E-state index contributed by atoms with van der Waals surface area (Å²) in [4.78, 5) is 1.44. The van der Waals surface area contributed by atoms with Gasteiger partial charge >= 0.3 is 6.18 Å². The Kier molecular flexibility index (Phi) is 3.55. The number of tetrazole rings is 1. The van der Waals surface area contributed by atoms with E-state index in [9.17, 15) is 13.2 Å². The van der Waals surface area contributed by atoms with Gasteiger partial charge in [-0.25, -0.2) is 0 Å². The Morgan fingerprint density at radius 1 is 1.16 bits per heavy atom. The maximum absolute atomic E-state index is 12.4. The number of alkyl halides is 3. The molecule has 2 aromatic rings. The molecule has 1 aromatic heterocycles. The van der Waals surface area contributed by atoms with E-state index >= 15 is 0 Å². The van der Waals surface area contributed by atoms with Gasteiger partial charge in [-0.15, -0.1) is 10.2 Å². The van der Waals surface area contributed by atoms with Crippen molar-refractivity contribution in [2.45, 2.75) is 26.6 Å². The molecule has 0 radical (unpaired) electrons. The second-order valence-electron chi connectivity index (χ2n) is 4.64. The molecule has 4 nitrogen and oxygen atoms in total. The zero-order chi connectivity index (χ0) is 14.0. The largest absolute Gasteiger partial charge is 0.416 e. The minimum Gasteiger partial charge on any atom is -0.166 e. The summed E-state index contributed by atoms with van der Waals surface area (Å²) in [5.74, 6) is 0.698. The van der Waals surface area contributed by atoms with E-state index in [0.29, 0.717) is 23.9 Å². The molecule has 0 bridgehead atoms. The standard InChI is InChI=1S/C12H13F3N4/c1-8(2)7-19-17-11(16-18-19)9-3-5-10(6-4-9)12(13,14)15/h3-6,8H,7H2,1-2H3. The van der Waals surface area contributed by atoms with E-state index < -0.39 is 11.7 Å². The van der Waals surface area contributed by atoms with Gasteiger partial charge < -0.3 is 0 Å². The highest BCUT2D eigenvalue weighted by Crippen LogP contribution is 2.30. The number of hydrogen-bond acceptors (Lipinski definition) is 3. The molecule has 1 aromatic carbocycles. The van der Waals surface area contributed by atoms with E-state index in [2.05, 4.69) is 15.4 Å². The summed E-state index contributed by atoms with van der Waals surface area (Å²) in [5.41, 5.74) is -0.172. The van der Waals surface area contributed by atoms with Crippen molar-refractivity contribution in [3.05, 3.63) is 29.8 Å². The molecular formula is C12H13F3N4. The van der Waals surface area contributed by atoms with Crippen LogP contribution in [0.25, 0.3) is 11.4 Å². The van der Waals surface area contributed by atoms with Gasteiger partial charge in [0, 0.05) is 5.56 Å². The van der Waals surface area contributed by atoms with Crippen molar-refractivity contribution in [3.63, 3.8) is 0 Å². The van der Waals surface area contributed by atoms with Gasteiger partial charge in [0.15, 0.2) is 0 Å². The molecule has 2 rings (SSSR count). The van der Waals surface area contributed by atoms with Crippen LogP contribution in [0, 0.1) is 5.92 Å². The lowest BCUT2D eigenvalue weighted by atomic mass is 10.1. The van der Waals surface area contributed by atoms with Gasteiger partial charge in [0.1, 0.15) is 0 Å². The van der Waals surface area contributed by atoms with Gasteiger partial charge in [-0.3, -0.25) is 0 Å². The van der Waals surface area contributed by atoms with E-state index in [0.717, 1.165) is 12.1 Å². The molecule has 1 heterocycles. The van der Waals surface area contributed by atoms with E-state index in [1.807, 2.05) is 13.8 Å². The normalized spacial score (nSPS) is 12.1. The summed E-state index contributed by atoms with van der Waals surface area (Å²) in [5, 5.41) is 11.8. The van der Waals surface area contributed by atoms with Crippen LogP contribution in [0.4, 0.5) is 13.2 Å². The quantitative estimate of drug-likeness (QED) is 0.861. The van der Waals surface area contributed by atoms with Gasteiger partial charge in [-0.05, 0) is 23.3 Å². The first-order valence-electron chi connectivity index (χ1n) is 5.81. The third kappa shape index (κ3) is 3.30. The molecule has 0 aliphatic heterocycles. The summed E-state index contributed by atoms with van der Waals surface area (Å²) in [6, 6.07) is 4.72. The summed E-state index contributed by atoms with van der Waals surface area (Å²) in [7, 11) is 0. The summed E-state index contributed by atoms with van der Waals surface area (Å²) < 4.78 is 37.3. The fourth-order valence-corrected chi connectivity index (χ4v) is 1.57. The Balaban J connectivity index is 2.20.